The van der Waals surface area contributed by atoms with Crippen molar-refractivity contribution in [1.82, 2.24) is 5.32 Å². The fraction of sp³-hybridized carbons (Fsp3) is 0.800. The molecular formula is C10H17NO. The first-order valence-corrected chi connectivity index (χ1v) is 4.69. The Morgan fingerprint density at radius 2 is 2.17 bits per heavy atom. The van der Waals surface area contributed by atoms with E-state index in [1.165, 1.54) is 6.42 Å². The van der Waals surface area contributed by atoms with Crippen LogP contribution in [0.15, 0.2) is 0 Å². The van der Waals surface area contributed by atoms with Crippen LogP contribution in [-0.4, -0.2) is 23.8 Å². The Balaban J connectivity index is 2.16. The molecule has 0 aliphatic heterocycles. The van der Waals surface area contributed by atoms with Gasteiger partial charge in [-0.05, 0) is 12.8 Å². The lowest BCUT2D eigenvalue weighted by atomic mass is 9.92. The molecule has 0 bridgehead atoms. The smallest absolute Gasteiger partial charge is 0.0693 e. The molecule has 1 fully saturated rings. The minimum atomic E-state index is -0.156. The summed E-state index contributed by atoms with van der Waals surface area (Å²) in [5, 5.41) is 12.8. The van der Waals surface area contributed by atoms with E-state index >= 15 is 0 Å². The number of aliphatic hydroxyl groups is 1. The van der Waals surface area contributed by atoms with Crippen LogP contribution in [0.5, 0.6) is 0 Å². The third-order valence-corrected chi connectivity index (χ3v) is 2.41. The van der Waals surface area contributed by atoms with Crippen molar-refractivity contribution in [2.45, 2.75) is 44.2 Å². The molecule has 0 spiro atoms. The van der Waals surface area contributed by atoms with E-state index in [1.54, 1.807) is 0 Å². The fourth-order valence-corrected chi connectivity index (χ4v) is 1.68. The van der Waals surface area contributed by atoms with Gasteiger partial charge in [-0.25, -0.2) is 0 Å². The van der Waals surface area contributed by atoms with Crippen LogP contribution in [0.25, 0.3) is 0 Å². The average molecular weight is 167 g/mol. The van der Waals surface area contributed by atoms with Crippen molar-refractivity contribution >= 4 is 0 Å². The minimum Gasteiger partial charge on any atom is -0.392 e. The van der Waals surface area contributed by atoms with E-state index in [9.17, 15) is 5.11 Å². The van der Waals surface area contributed by atoms with Crippen molar-refractivity contribution in [2.75, 3.05) is 6.54 Å². The van der Waals surface area contributed by atoms with Crippen LogP contribution < -0.4 is 5.32 Å². The second kappa shape index (κ2) is 5.18. The molecule has 1 saturated carbocycles. The number of hydrogen-bond acceptors (Lipinski definition) is 2. The normalized spacial score (nSPS) is 29.7. The summed E-state index contributed by atoms with van der Waals surface area (Å²) in [7, 11) is 0. The van der Waals surface area contributed by atoms with E-state index in [0.29, 0.717) is 0 Å². The highest BCUT2D eigenvalue weighted by Crippen LogP contribution is 2.17. The highest BCUT2D eigenvalue weighted by atomic mass is 16.3. The SMILES string of the molecule is C#CCCNC1CCCCC1O. The molecule has 2 N–H and O–H groups in total. The van der Waals surface area contributed by atoms with Gasteiger partial charge in [0, 0.05) is 19.0 Å². The third kappa shape index (κ3) is 2.84. The minimum absolute atomic E-state index is 0.156. The van der Waals surface area contributed by atoms with Gasteiger partial charge in [0.25, 0.3) is 0 Å². The van der Waals surface area contributed by atoms with Crippen LogP contribution >= 0.6 is 0 Å². The highest BCUT2D eigenvalue weighted by molar-refractivity contribution is 4.86. The lowest BCUT2D eigenvalue weighted by Gasteiger charge is -2.28. The van der Waals surface area contributed by atoms with Gasteiger partial charge in [-0.3, -0.25) is 0 Å². The van der Waals surface area contributed by atoms with Gasteiger partial charge in [0.2, 0.25) is 0 Å². The number of rotatable bonds is 3. The van der Waals surface area contributed by atoms with Crippen molar-refractivity contribution in [3.05, 3.63) is 0 Å². The van der Waals surface area contributed by atoms with E-state index in [0.717, 1.165) is 32.2 Å². The number of terminal acetylenes is 1. The Hall–Kier alpha value is -0.520. The summed E-state index contributed by atoms with van der Waals surface area (Å²) in [4.78, 5) is 0. The molecule has 12 heavy (non-hydrogen) atoms. The zero-order valence-corrected chi connectivity index (χ0v) is 7.42. The standard InChI is InChI=1S/C10H17NO/c1-2-3-8-11-9-6-4-5-7-10(9)12/h1,9-12H,3-8H2. The lowest BCUT2D eigenvalue weighted by molar-refractivity contribution is 0.0915. The molecule has 1 rings (SSSR count). The summed E-state index contributed by atoms with van der Waals surface area (Å²) in [6, 6.07) is 0.284. The average Bonchev–Trinajstić information content (AvgIpc) is 2.09. The molecule has 1 aliphatic rings. The van der Waals surface area contributed by atoms with Gasteiger partial charge in [0.1, 0.15) is 0 Å². The maximum Gasteiger partial charge on any atom is 0.0693 e. The number of hydrogen-bond donors (Lipinski definition) is 2. The van der Waals surface area contributed by atoms with Crippen LogP contribution in [0, 0.1) is 12.3 Å². The van der Waals surface area contributed by atoms with Crippen LogP contribution in [0.2, 0.25) is 0 Å². The molecule has 0 radical (unpaired) electrons. The molecule has 0 aromatic carbocycles. The molecule has 0 amide bonds. The van der Waals surface area contributed by atoms with Gasteiger partial charge in [-0.1, -0.05) is 12.8 Å². The van der Waals surface area contributed by atoms with Crippen molar-refractivity contribution in [3.8, 4) is 12.3 Å². The Labute approximate surface area is 74.4 Å². The van der Waals surface area contributed by atoms with Crippen molar-refractivity contribution in [2.24, 2.45) is 0 Å². The van der Waals surface area contributed by atoms with Gasteiger partial charge in [-0.2, -0.15) is 0 Å². The first-order valence-electron chi connectivity index (χ1n) is 4.69. The number of nitrogens with one attached hydrogen (secondary N) is 1. The highest BCUT2D eigenvalue weighted by Gasteiger charge is 2.21. The Morgan fingerprint density at radius 3 is 2.83 bits per heavy atom. The predicted molar refractivity (Wildman–Crippen MR) is 49.7 cm³/mol. The van der Waals surface area contributed by atoms with Gasteiger partial charge < -0.3 is 10.4 Å². The molecule has 2 heteroatoms. The topological polar surface area (TPSA) is 32.3 Å². The van der Waals surface area contributed by atoms with Gasteiger partial charge in [0.05, 0.1) is 6.10 Å². The molecule has 0 aromatic heterocycles. The Kier molecular flexibility index (Phi) is 4.13. The molecule has 0 heterocycles. The quantitative estimate of drug-likeness (QED) is 0.483. The van der Waals surface area contributed by atoms with Crippen LogP contribution in [-0.2, 0) is 0 Å². The summed E-state index contributed by atoms with van der Waals surface area (Å²) in [5.41, 5.74) is 0. The molecule has 68 valence electrons. The summed E-state index contributed by atoms with van der Waals surface area (Å²) < 4.78 is 0. The monoisotopic (exact) mass is 167 g/mol. The summed E-state index contributed by atoms with van der Waals surface area (Å²) in [6.07, 6.45) is 10.1. The summed E-state index contributed by atoms with van der Waals surface area (Å²) in [5.74, 6) is 2.58. The summed E-state index contributed by atoms with van der Waals surface area (Å²) >= 11 is 0. The molecule has 2 unspecified atom stereocenters. The van der Waals surface area contributed by atoms with E-state index in [4.69, 9.17) is 6.42 Å². The zero-order chi connectivity index (χ0) is 8.81. The number of aliphatic hydroxyl groups excluding tert-OH is 1. The van der Waals surface area contributed by atoms with Gasteiger partial charge in [-0.15, -0.1) is 12.3 Å². The Morgan fingerprint density at radius 1 is 1.42 bits per heavy atom. The molecule has 0 saturated heterocycles. The predicted octanol–water partition coefficient (Wildman–Crippen LogP) is 0.903. The van der Waals surface area contributed by atoms with Gasteiger partial charge >= 0.3 is 0 Å². The molecule has 1 aliphatic carbocycles. The molecule has 2 nitrogen and oxygen atoms in total. The van der Waals surface area contributed by atoms with E-state index < -0.39 is 0 Å². The van der Waals surface area contributed by atoms with Crippen LogP contribution in [0.3, 0.4) is 0 Å². The maximum absolute atomic E-state index is 9.55. The fourth-order valence-electron chi connectivity index (χ4n) is 1.68. The van der Waals surface area contributed by atoms with Crippen LogP contribution in [0.4, 0.5) is 0 Å². The third-order valence-electron chi connectivity index (χ3n) is 2.41. The van der Waals surface area contributed by atoms with E-state index in [2.05, 4.69) is 11.2 Å². The van der Waals surface area contributed by atoms with Gasteiger partial charge in [0.15, 0.2) is 0 Å². The Bertz CT molecular complexity index is 162. The first-order chi connectivity index (χ1) is 5.84. The molecular weight excluding hydrogens is 150 g/mol. The first kappa shape index (κ1) is 9.57. The van der Waals surface area contributed by atoms with Crippen LogP contribution in [0.1, 0.15) is 32.1 Å². The second-order valence-corrected chi connectivity index (χ2v) is 3.37. The second-order valence-electron chi connectivity index (χ2n) is 3.37. The zero-order valence-electron chi connectivity index (χ0n) is 7.42. The van der Waals surface area contributed by atoms with E-state index in [1.807, 2.05) is 0 Å². The van der Waals surface area contributed by atoms with Crippen molar-refractivity contribution < 1.29 is 5.11 Å². The van der Waals surface area contributed by atoms with Crippen molar-refractivity contribution in [1.29, 1.82) is 0 Å². The van der Waals surface area contributed by atoms with Crippen molar-refractivity contribution in [3.63, 3.8) is 0 Å². The largest absolute Gasteiger partial charge is 0.392 e. The maximum atomic E-state index is 9.55. The lowest BCUT2D eigenvalue weighted by Crippen LogP contribution is -2.42. The molecule has 0 aromatic rings. The molecule has 2 atom stereocenters. The summed E-state index contributed by atoms with van der Waals surface area (Å²) in [6.45, 7) is 0.832. The van der Waals surface area contributed by atoms with E-state index in [-0.39, 0.29) is 12.1 Å².